The number of rotatable bonds is 2. The third-order valence-electron chi connectivity index (χ3n) is 3.23. The molecule has 0 radical (unpaired) electrons. The van der Waals surface area contributed by atoms with Crippen molar-refractivity contribution in [1.29, 1.82) is 0 Å². The molecule has 1 aliphatic heterocycles. The standard InChI is InChI=1S/C13H17N3O2S/c1-13(2)7-16(5-9(6-17)18-13)11-10-3-4-19-12(10)15-8-14-11/h3-4,8-9,17H,5-7H2,1-2H3. The van der Waals surface area contributed by atoms with Crippen molar-refractivity contribution >= 4 is 27.4 Å². The average molecular weight is 279 g/mol. The molecule has 1 N–H and O–H groups in total. The van der Waals surface area contributed by atoms with Crippen LogP contribution in [0, 0.1) is 0 Å². The van der Waals surface area contributed by atoms with E-state index >= 15 is 0 Å². The SMILES string of the molecule is CC1(C)CN(c2ncnc3sccc23)CC(CO)O1. The van der Waals surface area contributed by atoms with Crippen LogP contribution in [0.2, 0.25) is 0 Å². The highest BCUT2D eigenvalue weighted by molar-refractivity contribution is 7.16. The van der Waals surface area contributed by atoms with E-state index in [0.717, 1.165) is 22.6 Å². The van der Waals surface area contributed by atoms with E-state index in [4.69, 9.17) is 4.74 Å². The number of thiophene rings is 1. The lowest BCUT2D eigenvalue weighted by Crippen LogP contribution is -2.54. The fourth-order valence-electron chi connectivity index (χ4n) is 2.58. The Balaban J connectivity index is 1.98. The maximum Gasteiger partial charge on any atom is 0.140 e. The van der Waals surface area contributed by atoms with Gasteiger partial charge in [-0.3, -0.25) is 0 Å². The Morgan fingerprint density at radius 2 is 2.37 bits per heavy atom. The molecule has 0 amide bonds. The number of hydrogen-bond donors (Lipinski definition) is 1. The summed E-state index contributed by atoms with van der Waals surface area (Å²) in [5.41, 5.74) is -0.293. The summed E-state index contributed by atoms with van der Waals surface area (Å²) in [6.07, 6.45) is 1.43. The third kappa shape index (κ3) is 2.43. The first-order valence-corrected chi connectivity index (χ1v) is 7.19. The summed E-state index contributed by atoms with van der Waals surface area (Å²) in [7, 11) is 0. The van der Waals surface area contributed by atoms with Gasteiger partial charge in [0.15, 0.2) is 0 Å². The molecule has 0 saturated carbocycles. The van der Waals surface area contributed by atoms with E-state index in [1.807, 2.05) is 25.3 Å². The van der Waals surface area contributed by atoms with Gasteiger partial charge in [-0.1, -0.05) is 0 Å². The fourth-order valence-corrected chi connectivity index (χ4v) is 3.31. The molecular weight excluding hydrogens is 262 g/mol. The monoisotopic (exact) mass is 279 g/mol. The second kappa shape index (κ2) is 4.70. The quantitative estimate of drug-likeness (QED) is 0.906. The number of morpholine rings is 1. The van der Waals surface area contributed by atoms with E-state index < -0.39 is 0 Å². The van der Waals surface area contributed by atoms with Gasteiger partial charge in [-0.2, -0.15) is 0 Å². The van der Waals surface area contributed by atoms with Gasteiger partial charge >= 0.3 is 0 Å². The third-order valence-corrected chi connectivity index (χ3v) is 4.05. The lowest BCUT2D eigenvalue weighted by Gasteiger charge is -2.42. The molecule has 0 aromatic carbocycles. The molecule has 2 aromatic heterocycles. The van der Waals surface area contributed by atoms with Crippen LogP contribution in [0.3, 0.4) is 0 Å². The predicted molar refractivity (Wildman–Crippen MR) is 75.7 cm³/mol. The van der Waals surface area contributed by atoms with Gasteiger partial charge in [0, 0.05) is 13.1 Å². The topological polar surface area (TPSA) is 58.5 Å². The van der Waals surface area contributed by atoms with Crippen LogP contribution >= 0.6 is 11.3 Å². The van der Waals surface area contributed by atoms with Crippen LogP contribution in [-0.2, 0) is 4.74 Å². The number of aliphatic hydroxyl groups excluding tert-OH is 1. The normalized spacial score (nSPS) is 22.9. The summed E-state index contributed by atoms with van der Waals surface area (Å²) >= 11 is 1.61. The van der Waals surface area contributed by atoms with Gasteiger partial charge in [0.2, 0.25) is 0 Å². The zero-order chi connectivity index (χ0) is 13.5. The highest BCUT2D eigenvalue weighted by Gasteiger charge is 2.34. The summed E-state index contributed by atoms with van der Waals surface area (Å²) in [5.74, 6) is 0.932. The predicted octanol–water partition coefficient (Wildman–Crippen LogP) is 1.67. The highest BCUT2D eigenvalue weighted by atomic mass is 32.1. The van der Waals surface area contributed by atoms with Gasteiger partial charge in [-0.05, 0) is 25.3 Å². The van der Waals surface area contributed by atoms with Crippen molar-refractivity contribution in [2.45, 2.75) is 25.6 Å². The number of hydrogen-bond acceptors (Lipinski definition) is 6. The minimum Gasteiger partial charge on any atom is -0.394 e. The largest absolute Gasteiger partial charge is 0.394 e. The van der Waals surface area contributed by atoms with Crippen molar-refractivity contribution in [3.63, 3.8) is 0 Å². The van der Waals surface area contributed by atoms with E-state index in [1.54, 1.807) is 17.7 Å². The average Bonchev–Trinajstić information content (AvgIpc) is 2.84. The molecule has 2 aromatic rings. The Morgan fingerprint density at radius 1 is 1.53 bits per heavy atom. The first-order valence-electron chi connectivity index (χ1n) is 6.31. The molecule has 5 nitrogen and oxygen atoms in total. The first kappa shape index (κ1) is 12.8. The fraction of sp³-hybridized carbons (Fsp3) is 0.538. The maximum atomic E-state index is 9.38. The second-order valence-electron chi connectivity index (χ2n) is 5.40. The van der Waals surface area contributed by atoms with Crippen LogP contribution in [0.25, 0.3) is 10.2 Å². The molecule has 6 heteroatoms. The van der Waals surface area contributed by atoms with Gasteiger partial charge in [0.05, 0.1) is 23.7 Å². The molecule has 1 fully saturated rings. The lowest BCUT2D eigenvalue weighted by atomic mass is 10.1. The van der Waals surface area contributed by atoms with Crippen molar-refractivity contribution in [2.75, 3.05) is 24.6 Å². The summed E-state index contributed by atoms with van der Waals surface area (Å²) in [5, 5.41) is 12.5. The van der Waals surface area contributed by atoms with E-state index in [2.05, 4.69) is 14.9 Å². The number of ether oxygens (including phenoxy) is 1. The minimum atomic E-state index is -0.293. The van der Waals surface area contributed by atoms with Crippen molar-refractivity contribution in [2.24, 2.45) is 0 Å². The molecule has 1 atom stereocenters. The zero-order valence-corrected chi connectivity index (χ0v) is 11.9. The molecule has 1 aliphatic rings. The van der Waals surface area contributed by atoms with E-state index in [-0.39, 0.29) is 18.3 Å². The summed E-state index contributed by atoms with van der Waals surface area (Å²) < 4.78 is 5.84. The summed E-state index contributed by atoms with van der Waals surface area (Å²) in [6.45, 7) is 5.51. The lowest BCUT2D eigenvalue weighted by molar-refractivity contribution is -0.101. The van der Waals surface area contributed by atoms with Crippen LogP contribution in [-0.4, -0.2) is 46.5 Å². The number of nitrogens with zero attached hydrogens (tertiary/aromatic N) is 3. The zero-order valence-electron chi connectivity index (χ0n) is 11.0. The molecule has 1 unspecified atom stereocenters. The van der Waals surface area contributed by atoms with Crippen molar-refractivity contribution < 1.29 is 9.84 Å². The van der Waals surface area contributed by atoms with Crippen LogP contribution in [0.15, 0.2) is 17.8 Å². The maximum absolute atomic E-state index is 9.38. The Kier molecular flexibility index (Phi) is 3.16. The molecule has 102 valence electrons. The van der Waals surface area contributed by atoms with Crippen LogP contribution in [0.4, 0.5) is 5.82 Å². The molecule has 3 heterocycles. The Hall–Kier alpha value is -1.24. The van der Waals surface area contributed by atoms with Crippen LogP contribution in [0.5, 0.6) is 0 Å². The minimum absolute atomic E-state index is 0.0256. The molecule has 0 spiro atoms. The number of aliphatic hydroxyl groups is 1. The van der Waals surface area contributed by atoms with Crippen LogP contribution in [0.1, 0.15) is 13.8 Å². The van der Waals surface area contributed by atoms with E-state index in [0.29, 0.717) is 6.54 Å². The number of fused-ring (bicyclic) bond motifs is 1. The molecule has 19 heavy (non-hydrogen) atoms. The van der Waals surface area contributed by atoms with E-state index in [1.165, 1.54) is 0 Å². The Morgan fingerprint density at radius 3 is 3.16 bits per heavy atom. The van der Waals surface area contributed by atoms with Gasteiger partial charge in [-0.15, -0.1) is 11.3 Å². The smallest absolute Gasteiger partial charge is 0.140 e. The van der Waals surface area contributed by atoms with Gasteiger partial charge in [0.25, 0.3) is 0 Å². The van der Waals surface area contributed by atoms with Crippen LogP contribution < -0.4 is 4.90 Å². The van der Waals surface area contributed by atoms with Gasteiger partial charge in [0.1, 0.15) is 17.0 Å². The molecular formula is C13H17N3O2S. The Labute approximate surface area is 115 Å². The summed E-state index contributed by atoms with van der Waals surface area (Å²) in [4.78, 5) is 11.9. The van der Waals surface area contributed by atoms with Crippen molar-refractivity contribution in [1.82, 2.24) is 9.97 Å². The molecule has 1 saturated heterocycles. The molecule has 0 bridgehead atoms. The first-order chi connectivity index (χ1) is 9.09. The van der Waals surface area contributed by atoms with Gasteiger partial charge < -0.3 is 14.7 Å². The van der Waals surface area contributed by atoms with Crippen molar-refractivity contribution in [3.05, 3.63) is 17.8 Å². The number of aromatic nitrogens is 2. The molecule has 0 aliphatic carbocycles. The van der Waals surface area contributed by atoms with E-state index in [9.17, 15) is 5.11 Å². The molecule has 3 rings (SSSR count). The van der Waals surface area contributed by atoms with Gasteiger partial charge in [-0.25, -0.2) is 9.97 Å². The second-order valence-corrected chi connectivity index (χ2v) is 6.29. The Bertz CT molecular complexity index is 584. The summed E-state index contributed by atoms with van der Waals surface area (Å²) in [6, 6.07) is 2.05. The number of anilines is 1. The highest BCUT2D eigenvalue weighted by Crippen LogP contribution is 2.31. The van der Waals surface area contributed by atoms with Crippen molar-refractivity contribution in [3.8, 4) is 0 Å².